The summed E-state index contributed by atoms with van der Waals surface area (Å²) >= 11 is 5.67. The van der Waals surface area contributed by atoms with Crippen LogP contribution in [0.2, 0.25) is 0 Å². The number of hydrogen-bond acceptors (Lipinski definition) is 5. The molecule has 1 aliphatic heterocycles. The highest BCUT2D eigenvalue weighted by molar-refractivity contribution is 7.26. The lowest BCUT2D eigenvalue weighted by atomic mass is 10.2. The Labute approximate surface area is 155 Å². The first kappa shape index (κ1) is 16.5. The number of thiophene rings is 3. The summed E-state index contributed by atoms with van der Waals surface area (Å²) in [6, 6.07) is 13.4. The number of rotatable bonds is 6. The van der Waals surface area contributed by atoms with Crippen molar-refractivity contribution in [2.45, 2.75) is 12.8 Å². The Morgan fingerprint density at radius 1 is 0.875 bits per heavy atom. The molecular formula is C19H21NOS3. The maximum atomic E-state index is 5.41. The molecule has 0 amide bonds. The van der Waals surface area contributed by atoms with E-state index in [1.807, 2.05) is 34.0 Å². The van der Waals surface area contributed by atoms with Crippen LogP contribution < -0.4 is 0 Å². The Balaban J connectivity index is 1.34. The summed E-state index contributed by atoms with van der Waals surface area (Å²) < 4.78 is 5.41. The van der Waals surface area contributed by atoms with E-state index in [2.05, 4.69) is 46.7 Å². The summed E-state index contributed by atoms with van der Waals surface area (Å²) in [4.78, 5) is 9.57. The molecule has 0 atom stereocenters. The van der Waals surface area contributed by atoms with Gasteiger partial charge in [-0.2, -0.15) is 0 Å². The third kappa shape index (κ3) is 3.98. The minimum atomic E-state index is 0.897. The van der Waals surface area contributed by atoms with E-state index in [1.165, 1.54) is 43.8 Å². The summed E-state index contributed by atoms with van der Waals surface area (Å²) in [5.41, 5.74) is 0. The van der Waals surface area contributed by atoms with Crippen molar-refractivity contribution < 1.29 is 4.74 Å². The van der Waals surface area contributed by atoms with Crippen molar-refractivity contribution in [3.63, 3.8) is 0 Å². The lowest BCUT2D eigenvalue weighted by molar-refractivity contribution is 0.0375. The second-order valence-corrected chi connectivity index (χ2v) is 9.16. The molecule has 3 aromatic rings. The Morgan fingerprint density at radius 3 is 2.42 bits per heavy atom. The number of aryl methyl sites for hydroxylation is 1. The van der Waals surface area contributed by atoms with Gasteiger partial charge in [-0.1, -0.05) is 6.07 Å². The van der Waals surface area contributed by atoms with Crippen LogP contribution in [0.5, 0.6) is 0 Å². The molecule has 4 rings (SSSR count). The highest BCUT2D eigenvalue weighted by atomic mass is 32.1. The average molecular weight is 376 g/mol. The van der Waals surface area contributed by atoms with Gasteiger partial charge in [0, 0.05) is 37.5 Å². The summed E-state index contributed by atoms with van der Waals surface area (Å²) in [6.07, 6.45) is 2.43. The second kappa shape index (κ2) is 7.93. The van der Waals surface area contributed by atoms with Crippen molar-refractivity contribution in [1.29, 1.82) is 0 Å². The third-order valence-corrected chi connectivity index (χ3v) is 7.77. The van der Waals surface area contributed by atoms with E-state index in [0.29, 0.717) is 0 Å². The van der Waals surface area contributed by atoms with E-state index in [9.17, 15) is 0 Å². The normalized spacial score (nSPS) is 15.8. The molecule has 0 radical (unpaired) electrons. The largest absolute Gasteiger partial charge is 0.379 e. The molecule has 0 bridgehead atoms. The van der Waals surface area contributed by atoms with Crippen molar-refractivity contribution in [2.75, 3.05) is 32.8 Å². The van der Waals surface area contributed by atoms with Crippen LogP contribution in [0, 0.1) is 0 Å². The fourth-order valence-corrected chi connectivity index (χ4v) is 5.95. The number of nitrogens with zero attached hydrogens (tertiary/aromatic N) is 1. The van der Waals surface area contributed by atoms with E-state index < -0.39 is 0 Å². The first-order valence-electron chi connectivity index (χ1n) is 8.41. The van der Waals surface area contributed by atoms with Gasteiger partial charge in [0.1, 0.15) is 0 Å². The number of hydrogen-bond donors (Lipinski definition) is 0. The van der Waals surface area contributed by atoms with Gasteiger partial charge in [0.25, 0.3) is 0 Å². The molecule has 0 aromatic carbocycles. The van der Waals surface area contributed by atoms with Crippen molar-refractivity contribution in [3.05, 3.63) is 46.7 Å². The van der Waals surface area contributed by atoms with Crippen LogP contribution in [-0.4, -0.2) is 37.7 Å². The third-order valence-electron chi connectivity index (χ3n) is 4.28. The van der Waals surface area contributed by atoms with Crippen LogP contribution in [0.1, 0.15) is 11.3 Å². The van der Waals surface area contributed by atoms with Crippen LogP contribution in [0.4, 0.5) is 0 Å². The molecule has 1 aliphatic rings. The fourth-order valence-electron chi connectivity index (χ4n) is 2.97. The highest BCUT2D eigenvalue weighted by Crippen LogP contribution is 2.39. The van der Waals surface area contributed by atoms with Gasteiger partial charge >= 0.3 is 0 Å². The fraction of sp³-hybridized carbons (Fsp3) is 0.368. The second-order valence-electron chi connectivity index (χ2n) is 5.96. The molecule has 0 saturated carbocycles. The number of ether oxygens (including phenoxy) is 1. The van der Waals surface area contributed by atoms with Gasteiger partial charge in [-0.25, -0.2) is 0 Å². The Hall–Kier alpha value is -0.980. The molecule has 1 fully saturated rings. The van der Waals surface area contributed by atoms with Gasteiger partial charge in [-0.15, -0.1) is 34.0 Å². The zero-order chi connectivity index (χ0) is 16.2. The summed E-state index contributed by atoms with van der Waals surface area (Å²) in [5.74, 6) is 0. The zero-order valence-electron chi connectivity index (χ0n) is 13.6. The monoisotopic (exact) mass is 375 g/mol. The Kier molecular flexibility index (Phi) is 5.45. The van der Waals surface area contributed by atoms with E-state index in [4.69, 9.17) is 4.74 Å². The zero-order valence-corrected chi connectivity index (χ0v) is 16.0. The van der Waals surface area contributed by atoms with E-state index in [-0.39, 0.29) is 0 Å². The lowest BCUT2D eigenvalue weighted by Crippen LogP contribution is -2.36. The molecule has 5 heteroatoms. The predicted molar refractivity (Wildman–Crippen MR) is 107 cm³/mol. The average Bonchev–Trinajstić information content (AvgIpc) is 3.36. The smallest absolute Gasteiger partial charge is 0.0594 e. The van der Waals surface area contributed by atoms with Crippen LogP contribution >= 0.6 is 34.0 Å². The SMILES string of the molecule is c1csc(-c2ccc(-c3ccc(CCCN4CCOCC4)s3)s2)c1. The lowest BCUT2D eigenvalue weighted by Gasteiger charge is -2.26. The van der Waals surface area contributed by atoms with Crippen LogP contribution in [0.25, 0.3) is 19.5 Å². The molecule has 24 heavy (non-hydrogen) atoms. The molecule has 0 spiro atoms. The molecule has 3 aromatic heterocycles. The minimum absolute atomic E-state index is 0.897. The van der Waals surface area contributed by atoms with Crippen molar-refractivity contribution >= 4 is 34.0 Å². The standard InChI is InChI=1S/C19H21NOS3/c1(9-20-10-12-21-13-11-20)3-15-5-6-18(23-15)19-8-7-17(24-19)16-4-2-14-22-16/h2,4-8,14H,1,3,9-13H2. The molecule has 2 nitrogen and oxygen atoms in total. The molecule has 0 unspecified atom stereocenters. The summed E-state index contributed by atoms with van der Waals surface area (Å²) in [7, 11) is 0. The quantitative estimate of drug-likeness (QED) is 0.566. The first-order chi connectivity index (χ1) is 11.9. The van der Waals surface area contributed by atoms with Crippen LogP contribution in [0.15, 0.2) is 41.8 Å². The molecular weight excluding hydrogens is 354 g/mol. The van der Waals surface area contributed by atoms with Gasteiger partial charge in [0.05, 0.1) is 13.2 Å². The summed E-state index contributed by atoms with van der Waals surface area (Å²) in [5, 5.41) is 2.15. The molecule has 4 heterocycles. The minimum Gasteiger partial charge on any atom is -0.379 e. The first-order valence-corrected chi connectivity index (χ1v) is 10.9. The van der Waals surface area contributed by atoms with Gasteiger partial charge in [0.2, 0.25) is 0 Å². The van der Waals surface area contributed by atoms with E-state index >= 15 is 0 Å². The van der Waals surface area contributed by atoms with Gasteiger partial charge in [0.15, 0.2) is 0 Å². The van der Waals surface area contributed by atoms with E-state index in [1.54, 1.807) is 0 Å². The maximum absolute atomic E-state index is 5.41. The topological polar surface area (TPSA) is 12.5 Å². The Morgan fingerprint density at radius 2 is 1.62 bits per heavy atom. The van der Waals surface area contributed by atoms with Crippen molar-refractivity contribution in [1.82, 2.24) is 4.90 Å². The van der Waals surface area contributed by atoms with Gasteiger partial charge in [-0.3, -0.25) is 4.90 Å². The van der Waals surface area contributed by atoms with Crippen molar-refractivity contribution in [3.8, 4) is 19.5 Å². The predicted octanol–water partition coefficient (Wildman–Crippen LogP) is 5.47. The van der Waals surface area contributed by atoms with Crippen LogP contribution in [0.3, 0.4) is 0 Å². The molecule has 126 valence electrons. The van der Waals surface area contributed by atoms with Gasteiger partial charge < -0.3 is 4.74 Å². The Bertz CT molecular complexity index is 753. The number of morpholine rings is 1. The highest BCUT2D eigenvalue weighted by Gasteiger charge is 2.11. The van der Waals surface area contributed by atoms with Crippen LogP contribution in [-0.2, 0) is 11.2 Å². The maximum Gasteiger partial charge on any atom is 0.0594 e. The van der Waals surface area contributed by atoms with Gasteiger partial charge in [-0.05, 0) is 55.1 Å². The molecule has 1 saturated heterocycles. The van der Waals surface area contributed by atoms with Crippen molar-refractivity contribution in [2.24, 2.45) is 0 Å². The van der Waals surface area contributed by atoms with E-state index in [0.717, 1.165) is 26.3 Å². The molecule has 0 N–H and O–H groups in total. The summed E-state index contributed by atoms with van der Waals surface area (Å²) in [6.45, 7) is 5.17. The molecule has 0 aliphatic carbocycles.